The van der Waals surface area contributed by atoms with Crippen molar-refractivity contribution >= 4 is 34.4 Å². The second kappa shape index (κ2) is 8.98. The van der Waals surface area contributed by atoms with Crippen molar-refractivity contribution in [2.45, 2.75) is 37.3 Å². The standard InChI is InChI=1S/C20H21N5OS3/c1-13(2)14-3-5-17(6-4-14)26-9-18-23-24-20(25(18)21)29-12-16-11-28-19(22-16)15-7-8-27-10-15/h3-8,10-11,13H,9,12,21H2,1-2H3. The summed E-state index contributed by atoms with van der Waals surface area (Å²) in [6, 6.07) is 10.2. The van der Waals surface area contributed by atoms with Gasteiger partial charge in [0.25, 0.3) is 0 Å². The number of ether oxygens (including phenoxy) is 1. The SMILES string of the molecule is CC(C)c1ccc(OCc2nnc(SCc3csc(-c4ccsc4)n3)n2N)cc1. The molecule has 0 saturated carbocycles. The van der Waals surface area contributed by atoms with Crippen LogP contribution in [-0.2, 0) is 12.4 Å². The first-order chi connectivity index (χ1) is 14.1. The normalized spacial score (nSPS) is 11.3. The molecule has 2 N–H and O–H groups in total. The number of hydrogen-bond donors (Lipinski definition) is 1. The maximum atomic E-state index is 6.15. The molecule has 0 unspecified atom stereocenters. The number of thiazole rings is 1. The fourth-order valence-corrected chi connectivity index (χ4v) is 5.04. The molecule has 0 amide bonds. The zero-order chi connectivity index (χ0) is 20.2. The predicted octanol–water partition coefficient (Wildman–Crippen LogP) is 5.17. The van der Waals surface area contributed by atoms with Crippen LogP contribution in [0.25, 0.3) is 10.6 Å². The Morgan fingerprint density at radius 1 is 1.14 bits per heavy atom. The zero-order valence-corrected chi connectivity index (χ0v) is 18.6. The van der Waals surface area contributed by atoms with Crippen molar-refractivity contribution < 1.29 is 4.74 Å². The summed E-state index contributed by atoms with van der Waals surface area (Å²) in [5.41, 5.74) is 3.45. The minimum atomic E-state index is 0.268. The zero-order valence-electron chi connectivity index (χ0n) is 16.1. The molecule has 4 aromatic rings. The van der Waals surface area contributed by atoms with Gasteiger partial charge < -0.3 is 10.6 Å². The van der Waals surface area contributed by atoms with Gasteiger partial charge in [-0.1, -0.05) is 37.7 Å². The van der Waals surface area contributed by atoms with E-state index in [1.807, 2.05) is 12.1 Å². The highest BCUT2D eigenvalue weighted by Crippen LogP contribution is 2.28. The molecule has 0 aliphatic heterocycles. The van der Waals surface area contributed by atoms with E-state index in [9.17, 15) is 0 Å². The summed E-state index contributed by atoms with van der Waals surface area (Å²) < 4.78 is 7.29. The van der Waals surface area contributed by atoms with Gasteiger partial charge in [0.05, 0.1) is 5.69 Å². The Hall–Kier alpha value is -2.36. The van der Waals surface area contributed by atoms with Gasteiger partial charge in [-0.25, -0.2) is 9.66 Å². The van der Waals surface area contributed by atoms with Crippen molar-refractivity contribution in [1.82, 2.24) is 19.9 Å². The number of benzene rings is 1. The molecule has 0 spiro atoms. The molecule has 0 radical (unpaired) electrons. The Morgan fingerprint density at radius 2 is 1.97 bits per heavy atom. The van der Waals surface area contributed by atoms with E-state index in [0.29, 0.717) is 22.7 Å². The van der Waals surface area contributed by atoms with Gasteiger partial charge in [0.1, 0.15) is 17.4 Å². The number of thioether (sulfide) groups is 1. The second-order valence-electron chi connectivity index (χ2n) is 6.73. The van der Waals surface area contributed by atoms with Crippen molar-refractivity contribution in [2.24, 2.45) is 0 Å². The lowest BCUT2D eigenvalue weighted by Gasteiger charge is -2.08. The molecule has 0 aliphatic rings. The smallest absolute Gasteiger partial charge is 0.210 e. The quantitative estimate of drug-likeness (QED) is 0.299. The summed E-state index contributed by atoms with van der Waals surface area (Å²) >= 11 is 4.84. The van der Waals surface area contributed by atoms with Crippen LogP contribution < -0.4 is 10.6 Å². The minimum absolute atomic E-state index is 0.268. The Balaban J connectivity index is 1.33. The minimum Gasteiger partial charge on any atom is -0.486 e. The largest absolute Gasteiger partial charge is 0.486 e. The number of thiophene rings is 1. The van der Waals surface area contributed by atoms with Crippen molar-refractivity contribution in [3.05, 3.63) is 63.6 Å². The van der Waals surface area contributed by atoms with Crippen LogP contribution in [0.1, 0.15) is 36.8 Å². The Bertz CT molecular complexity index is 1050. The monoisotopic (exact) mass is 443 g/mol. The van der Waals surface area contributed by atoms with Crippen LogP contribution >= 0.6 is 34.4 Å². The molecule has 9 heteroatoms. The molecule has 150 valence electrons. The molecule has 3 heterocycles. The maximum Gasteiger partial charge on any atom is 0.210 e. The lowest BCUT2D eigenvalue weighted by Crippen LogP contribution is -2.15. The highest BCUT2D eigenvalue weighted by molar-refractivity contribution is 7.98. The van der Waals surface area contributed by atoms with Crippen LogP contribution in [-0.4, -0.2) is 19.9 Å². The van der Waals surface area contributed by atoms with Gasteiger partial charge in [0.15, 0.2) is 5.82 Å². The van der Waals surface area contributed by atoms with Gasteiger partial charge in [-0.3, -0.25) is 0 Å². The number of nitrogens with two attached hydrogens (primary N) is 1. The maximum absolute atomic E-state index is 6.15. The Kier molecular flexibility index (Phi) is 6.17. The van der Waals surface area contributed by atoms with Gasteiger partial charge in [-0.15, -0.1) is 21.5 Å². The van der Waals surface area contributed by atoms with Crippen molar-refractivity contribution in [3.63, 3.8) is 0 Å². The third-order valence-electron chi connectivity index (χ3n) is 4.32. The Morgan fingerprint density at radius 3 is 2.69 bits per heavy atom. The first-order valence-corrected chi connectivity index (χ1v) is 11.9. The van der Waals surface area contributed by atoms with Gasteiger partial charge in [0, 0.05) is 22.1 Å². The fourth-order valence-electron chi connectivity index (χ4n) is 2.63. The average Bonchev–Trinajstić information content (AvgIpc) is 3.47. The molecule has 0 fully saturated rings. The van der Waals surface area contributed by atoms with Crippen molar-refractivity contribution in [2.75, 3.05) is 5.84 Å². The summed E-state index contributed by atoms with van der Waals surface area (Å²) in [4.78, 5) is 4.68. The molecule has 0 bridgehead atoms. The van der Waals surface area contributed by atoms with Gasteiger partial charge in [0.2, 0.25) is 5.16 Å². The first-order valence-electron chi connectivity index (χ1n) is 9.12. The lowest BCUT2D eigenvalue weighted by atomic mass is 10.0. The van der Waals surface area contributed by atoms with E-state index in [1.165, 1.54) is 27.6 Å². The molecule has 4 rings (SSSR count). The number of nitrogens with zero attached hydrogens (tertiary/aromatic N) is 4. The summed E-state index contributed by atoms with van der Waals surface area (Å²) in [7, 11) is 0. The highest BCUT2D eigenvalue weighted by Gasteiger charge is 2.13. The van der Waals surface area contributed by atoms with E-state index in [2.05, 4.69) is 63.4 Å². The third-order valence-corrected chi connectivity index (χ3v) is 6.92. The number of aromatic nitrogens is 4. The first kappa shape index (κ1) is 19.9. The summed E-state index contributed by atoms with van der Waals surface area (Å²) in [6.45, 7) is 4.60. The third kappa shape index (κ3) is 4.80. The summed E-state index contributed by atoms with van der Waals surface area (Å²) in [5.74, 6) is 8.70. The van der Waals surface area contributed by atoms with Crippen molar-refractivity contribution in [3.8, 4) is 16.3 Å². The molecular formula is C20H21N5OS3. The molecule has 6 nitrogen and oxygen atoms in total. The van der Waals surface area contributed by atoms with Crippen LogP contribution in [0.3, 0.4) is 0 Å². The Labute approximate surface area is 181 Å². The van der Waals surface area contributed by atoms with Crippen LogP contribution in [0, 0.1) is 0 Å². The molecule has 29 heavy (non-hydrogen) atoms. The predicted molar refractivity (Wildman–Crippen MR) is 120 cm³/mol. The van der Waals surface area contributed by atoms with Crippen molar-refractivity contribution in [1.29, 1.82) is 0 Å². The number of hydrogen-bond acceptors (Lipinski definition) is 8. The van der Waals surface area contributed by atoms with E-state index in [1.54, 1.807) is 22.7 Å². The van der Waals surface area contributed by atoms with E-state index in [4.69, 9.17) is 10.6 Å². The van der Waals surface area contributed by atoms with Crippen LogP contribution in [0.5, 0.6) is 5.75 Å². The van der Waals surface area contributed by atoms with Gasteiger partial charge in [-0.2, -0.15) is 11.3 Å². The summed E-state index contributed by atoms with van der Waals surface area (Å²) in [5, 5.41) is 16.3. The van der Waals surface area contributed by atoms with Crippen LogP contribution in [0.4, 0.5) is 0 Å². The molecule has 0 saturated heterocycles. The molecular weight excluding hydrogens is 422 g/mol. The average molecular weight is 444 g/mol. The second-order valence-corrected chi connectivity index (χ2v) is 9.31. The lowest BCUT2D eigenvalue weighted by molar-refractivity contribution is 0.291. The van der Waals surface area contributed by atoms with E-state index in [-0.39, 0.29) is 6.61 Å². The van der Waals surface area contributed by atoms with Gasteiger partial charge >= 0.3 is 0 Å². The summed E-state index contributed by atoms with van der Waals surface area (Å²) in [6.07, 6.45) is 0. The van der Waals surface area contributed by atoms with E-state index < -0.39 is 0 Å². The van der Waals surface area contributed by atoms with E-state index >= 15 is 0 Å². The molecule has 3 aromatic heterocycles. The van der Waals surface area contributed by atoms with Gasteiger partial charge in [-0.05, 0) is 35.1 Å². The fraction of sp³-hybridized carbons (Fsp3) is 0.250. The van der Waals surface area contributed by atoms with E-state index in [0.717, 1.165) is 16.5 Å². The van der Waals surface area contributed by atoms with Crippen LogP contribution in [0.2, 0.25) is 0 Å². The molecule has 0 atom stereocenters. The number of rotatable bonds is 8. The molecule has 0 aliphatic carbocycles. The van der Waals surface area contributed by atoms with Crippen LogP contribution in [0.15, 0.2) is 51.6 Å². The topological polar surface area (TPSA) is 78.9 Å². The number of nitrogen functional groups attached to an aromatic ring is 1. The molecule has 1 aromatic carbocycles. The highest BCUT2D eigenvalue weighted by atomic mass is 32.2.